The Kier molecular flexibility index (Phi) is 7.79. The van der Waals surface area contributed by atoms with Gasteiger partial charge in [-0.25, -0.2) is 15.3 Å². The third-order valence-electron chi connectivity index (χ3n) is 5.98. The molecule has 0 bridgehead atoms. The standard InChI is InChI=1S/C25H29N3O7/c1-15-21(31-2)22(32-3)23(33-4)25(34-15)35-27-24(30)17-7-5-16(6-8-17)20-13-28(14-26-20)18-9-11-19(29)12-10-18/h5-15,21-23,25,29H,1-4H3,(H,27,30)/t15-,21-,22+,23+,25-/m0/s1. The van der Waals surface area contributed by atoms with E-state index in [2.05, 4.69) is 10.5 Å². The van der Waals surface area contributed by atoms with Crippen LogP contribution in [0.4, 0.5) is 0 Å². The Morgan fingerprint density at radius 3 is 2.26 bits per heavy atom. The Hall–Kier alpha value is -3.28. The van der Waals surface area contributed by atoms with Crippen LogP contribution in [0.1, 0.15) is 17.3 Å². The minimum atomic E-state index is -0.876. The second kappa shape index (κ2) is 11.0. The monoisotopic (exact) mass is 483 g/mol. The topological polar surface area (TPSA) is 113 Å². The van der Waals surface area contributed by atoms with Crippen molar-refractivity contribution < 1.29 is 33.7 Å². The number of aromatic hydroxyl groups is 1. The summed E-state index contributed by atoms with van der Waals surface area (Å²) in [7, 11) is 4.65. The molecule has 1 fully saturated rings. The number of nitrogens with zero attached hydrogens (tertiary/aromatic N) is 2. The average Bonchev–Trinajstić information content (AvgIpc) is 3.37. The molecule has 1 aliphatic rings. The number of amides is 1. The number of hydrogen-bond donors (Lipinski definition) is 2. The first-order valence-corrected chi connectivity index (χ1v) is 11.1. The van der Waals surface area contributed by atoms with E-state index < -0.39 is 24.4 Å². The van der Waals surface area contributed by atoms with Gasteiger partial charge in [0.1, 0.15) is 24.1 Å². The molecule has 35 heavy (non-hydrogen) atoms. The van der Waals surface area contributed by atoms with Crippen LogP contribution in [-0.4, -0.2) is 72.6 Å². The van der Waals surface area contributed by atoms with Crippen LogP contribution in [0.25, 0.3) is 16.9 Å². The number of hydrogen-bond acceptors (Lipinski definition) is 8. The number of imidazole rings is 1. The number of methoxy groups -OCH3 is 3. The second-order valence-electron chi connectivity index (χ2n) is 8.12. The van der Waals surface area contributed by atoms with Gasteiger partial charge >= 0.3 is 0 Å². The normalized spacial score (nSPS) is 24.3. The highest BCUT2D eigenvalue weighted by atomic mass is 16.8. The minimum Gasteiger partial charge on any atom is -0.508 e. The van der Waals surface area contributed by atoms with Crippen LogP contribution in [0.2, 0.25) is 0 Å². The third-order valence-corrected chi connectivity index (χ3v) is 5.98. The molecular weight excluding hydrogens is 454 g/mol. The molecule has 0 aliphatic carbocycles. The number of phenolic OH excluding ortho intramolecular Hbond substituents is 1. The molecular formula is C25H29N3O7. The summed E-state index contributed by atoms with van der Waals surface area (Å²) in [6, 6.07) is 13.8. The summed E-state index contributed by atoms with van der Waals surface area (Å²) in [4.78, 5) is 22.7. The van der Waals surface area contributed by atoms with Crippen LogP contribution in [0.3, 0.4) is 0 Å². The van der Waals surface area contributed by atoms with E-state index in [0.29, 0.717) is 5.56 Å². The van der Waals surface area contributed by atoms with Gasteiger partial charge in [-0.15, -0.1) is 0 Å². The molecule has 0 unspecified atom stereocenters. The first-order chi connectivity index (χ1) is 16.9. The fourth-order valence-corrected chi connectivity index (χ4v) is 4.11. The zero-order chi connectivity index (χ0) is 24.9. The zero-order valence-electron chi connectivity index (χ0n) is 20.0. The summed E-state index contributed by atoms with van der Waals surface area (Å²) < 4.78 is 24.2. The predicted octanol–water partition coefficient (Wildman–Crippen LogP) is 2.70. The van der Waals surface area contributed by atoms with Crippen molar-refractivity contribution in [1.29, 1.82) is 0 Å². The maximum absolute atomic E-state index is 12.7. The van der Waals surface area contributed by atoms with E-state index >= 15 is 0 Å². The summed E-state index contributed by atoms with van der Waals surface area (Å²) in [6.07, 6.45) is 0.970. The van der Waals surface area contributed by atoms with Crippen LogP contribution < -0.4 is 5.48 Å². The van der Waals surface area contributed by atoms with Crippen molar-refractivity contribution in [3.05, 3.63) is 66.6 Å². The molecule has 1 aromatic heterocycles. The van der Waals surface area contributed by atoms with Crippen molar-refractivity contribution in [2.45, 2.75) is 37.6 Å². The van der Waals surface area contributed by atoms with E-state index in [1.54, 1.807) is 69.1 Å². The summed E-state index contributed by atoms with van der Waals surface area (Å²) in [5.74, 6) is -0.230. The van der Waals surface area contributed by atoms with Gasteiger partial charge in [0.2, 0.25) is 6.29 Å². The highest BCUT2D eigenvalue weighted by Crippen LogP contribution is 2.27. The summed E-state index contributed by atoms with van der Waals surface area (Å²) in [5.41, 5.74) is 5.30. The number of benzene rings is 2. The van der Waals surface area contributed by atoms with Crippen LogP contribution in [0, 0.1) is 0 Å². The molecule has 3 aromatic rings. The number of rotatable bonds is 8. The molecule has 2 heterocycles. The van der Waals surface area contributed by atoms with Gasteiger partial charge in [0.25, 0.3) is 5.91 Å². The number of nitrogens with one attached hydrogen (secondary N) is 1. The smallest absolute Gasteiger partial charge is 0.274 e. The molecule has 1 saturated heterocycles. The van der Waals surface area contributed by atoms with Crippen LogP contribution in [0.5, 0.6) is 5.75 Å². The summed E-state index contributed by atoms with van der Waals surface area (Å²) >= 11 is 0. The van der Waals surface area contributed by atoms with Gasteiger partial charge in [-0.2, -0.15) is 0 Å². The molecule has 10 nitrogen and oxygen atoms in total. The molecule has 2 N–H and O–H groups in total. The predicted molar refractivity (Wildman–Crippen MR) is 126 cm³/mol. The zero-order valence-corrected chi connectivity index (χ0v) is 20.0. The maximum Gasteiger partial charge on any atom is 0.274 e. The SMILES string of the molecule is CO[C@@H]1[C@@H](OC)[C@H](C)O[C@@H](ONC(=O)c2ccc(-c3cn(-c4ccc(O)cc4)cn3)cc2)[C@@H]1OC. The highest BCUT2D eigenvalue weighted by Gasteiger charge is 2.46. The van der Waals surface area contributed by atoms with Crippen LogP contribution in [0.15, 0.2) is 61.1 Å². The van der Waals surface area contributed by atoms with E-state index in [1.165, 1.54) is 7.11 Å². The Balaban J connectivity index is 1.39. The first-order valence-electron chi connectivity index (χ1n) is 11.1. The molecule has 2 aromatic carbocycles. The Labute approximate surface area is 203 Å². The Morgan fingerprint density at radius 2 is 1.63 bits per heavy atom. The van der Waals surface area contributed by atoms with Crippen LogP contribution in [-0.2, 0) is 23.8 Å². The largest absolute Gasteiger partial charge is 0.508 e. The molecule has 0 spiro atoms. The molecule has 1 amide bonds. The maximum atomic E-state index is 12.7. The van der Waals surface area contributed by atoms with Gasteiger partial charge in [0.05, 0.1) is 18.1 Å². The van der Waals surface area contributed by atoms with Crippen LogP contribution >= 0.6 is 0 Å². The minimum absolute atomic E-state index is 0.201. The molecule has 0 saturated carbocycles. The van der Waals surface area contributed by atoms with Crippen molar-refractivity contribution in [2.24, 2.45) is 0 Å². The second-order valence-corrected chi connectivity index (χ2v) is 8.12. The average molecular weight is 484 g/mol. The third kappa shape index (κ3) is 5.37. The quantitative estimate of drug-likeness (QED) is 0.470. The van der Waals surface area contributed by atoms with E-state index in [4.69, 9.17) is 23.8 Å². The number of carbonyl (C=O) groups excluding carboxylic acids is 1. The lowest BCUT2D eigenvalue weighted by atomic mass is 9.99. The van der Waals surface area contributed by atoms with Gasteiger partial charge < -0.3 is 28.6 Å². The fraction of sp³-hybridized carbons (Fsp3) is 0.360. The lowest BCUT2D eigenvalue weighted by Gasteiger charge is -2.43. The number of aromatic nitrogens is 2. The molecule has 0 radical (unpaired) electrons. The van der Waals surface area contributed by atoms with Gasteiger partial charge in [-0.05, 0) is 43.3 Å². The fourth-order valence-electron chi connectivity index (χ4n) is 4.11. The van der Waals surface area contributed by atoms with E-state index in [-0.39, 0.29) is 18.0 Å². The van der Waals surface area contributed by atoms with Crippen molar-refractivity contribution in [1.82, 2.24) is 15.0 Å². The summed E-state index contributed by atoms with van der Waals surface area (Å²) in [5, 5.41) is 9.46. The first kappa shape index (κ1) is 24.8. The van der Waals surface area contributed by atoms with E-state index in [9.17, 15) is 9.90 Å². The Bertz CT molecular complexity index is 1120. The van der Waals surface area contributed by atoms with Gasteiger partial charge in [-0.1, -0.05) is 12.1 Å². The van der Waals surface area contributed by atoms with Crippen molar-refractivity contribution >= 4 is 5.91 Å². The van der Waals surface area contributed by atoms with Crippen molar-refractivity contribution in [3.63, 3.8) is 0 Å². The number of hydroxylamine groups is 1. The Morgan fingerprint density at radius 1 is 0.971 bits per heavy atom. The molecule has 4 rings (SSSR count). The van der Waals surface area contributed by atoms with Crippen molar-refractivity contribution in [3.8, 4) is 22.7 Å². The lowest BCUT2D eigenvalue weighted by molar-refractivity contribution is -0.314. The molecule has 10 heteroatoms. The van der Waals surface area contributed by atoms with Crippen molar-refractivity contribution in [2.75, 3.05) is 21.3 Å². The van der Waals surface area contributed by atoms with Gasteiger partial charge in [0, 0.05) is 44.3 Å². The molecule has 1 aliphatic heterocycles. The number of ether oxygens (including phenoxy) is 4. The number of carbonyl (C=O) groups is 1. The van der Waals surface area contributed by atoms with E-state index in [0.717, 1.165) is 16.9 Å². The summed E-state index contributed by atoms with van der Waals surface area (Å²) in [6.45, 7) is 1.84. The lowest BCUT2D eigenvalue weighted by Crippen LogP contribution is -2.60. The number of phenols is 1. The molecule has 186 valence electrons. The van der Waals surface area contributed by atoms with Gasteiger partial charge in [0.15, 0.2) is 0 Å². The van der Waals surface area contributed by atoms with Gasteiger partial charge in [-0.3, -0.25) is 4.79 Å². The molecule has 5 atom stereocenters. The highest BCUT2D eigenvalue weighted by molar-refractivity contribution is 5.93. The van der Waals surface area contributed by atoms with E-state index in [1.807, 2.05) is 17.7 Å².